The topological polar surface area (TPSA) is 77.1 Å². The molecule has 2 aliphatic rings. The Kier molecular flexibility index (Phi) is 5.05. The van der Waals surface area contributed by atoms with E-state index in [1.165, 1.54) is 4.90 Å². The van der Waals surface area contributed by atoms with Gasteiger partial charge >= 0.3 is 6.03 Å². The average Bonchev–Trinajstić information content (AvgIpc) is 2.87. The third-order valence-electron chi connectivity index (χ3n) is 5.27. The summed E-state index contributed by atoms with van der Waals surface area (Å²) < 4.78 is 17.1. The Morgan fingerprint density at radius 3 is 2.66 bits per heavy atom. The maximum atomic E-state index is 13.1. The molecule has 7 heteroatoms. The molecule has 29 heavy (non-hydrogen) atoms. The number of nitrogens with one attached hydrogen (secondary N) is 1. The molecule has 2 aliphatic heterocycles. The van der Waals surface area contributed by atoms with Gasteiger partial charge in [-0.15, -0.1) is 0 Å². The first-order valence-corrected chi connectivity index (χ1v) is 9.72. The van der Waals surface area contributed by atoms with E-state index in [1.54, 1.807) is 25.1 Å². The second-order valence-corrected chi connectivity index (χ2v) is 7.34. The van der Waals surface area contributed by atoms with Crippen molar-refractivity contribution in [3.63, 3.8) is 0 Å². The van der Waals surface area contributed by atoms with E-state index in [1.807, 2.05) is 31.2 Å². The number of ether oxygens (including phenoxy) is 3. The highest BCUT2D eigenvalue weighted by Crippen LogP contribution is 2.36. The van der Waals surface area contributed by atoms with Gasteiger partial charge in [-0.1, -0.05) is 24.3 Å². The number of urea groups is 1. The minimum absolute atomic E-state index is 0.166. The van der Waals surface area contributed by atoms with Crippen LogP contribution >= 0.6 is 0 Å². The van der Waals surface area contributed by atoms with Crippen LogP contribution in [0.5, 0.6) is 17.2 Å². The van der Waals surface area contributed by atoms with E-state index in [0.717, 1.165) is 17.7 Å². The molecule has 1 saturated heterocycles. The predicted molar refractivity (Wildman–Crippen MR) is 106 cm³/mol. The van der Waals surface area contributed by atoms with E-state index in [0.29, 0.717) is 30.3 Å². The van der Waals surface area contributed by atoms with Crippen molar-refractivity contribution < 1.29 is 23.8 Å². The molecule has 2 heterocycles. The quantitative estimate of drug-likeness (QED) is 0.787. The number of imide groups is 1. The molecule has 1 unspecified atom stereocenters. The highest BCUT2D eigenvalue weighted by atomic mass is 16.5. The summed E-state index contributed by atoms with van der Waals surface area (Å²) in [5.74, 6) is 1.66. The number of amides is 3. The summed E-state index contributed by atoms with van der Waals surface area (Å²) in [5, 5.41) is 2.81. The van der Waals surface area contributed by atoms with Gasteiger partial charge in [0.1, 0.15) is 17.9 Å². The van der Waals surface area contributed by atoms with Crippen molar-refractivity contribution >= 4 is 11.9 Å². The first-order chi connectivity index (χ1) is 14.0. The van der Waals surface area contributed by atoms with Crippen LogP contribution in [0, 0.1) is 6.92 Å². The molecule has 1 fully saturated rings. The highest BCUT2D eigenvalue weighted by Gasteiger charge is 2.49. The van der Waals surface area contributed by atoms with Crippen molar-refractivity contribution in [2.45, 2.75) is 25.8 Å². The maximum Gasteiger partial charge on any atom is 0.325 e. The summed E-state index contributed by atoms with van der Waals surface area (Å²) >= 11 is 0. The maximum absolute atomic E-state index is 13.1. The van der Waals surface area contributed by atoms with Crippen LogP contribution in [-0.4, -0.2) is 43.2 Å². The Bertz CT molecular complexity index is 945. The Morgan fingerprint density at radius 2 is 1.86 bits per heavy atom. The van der Waals surface area contributed by atoms with Crippen molar-refractivity contribution in [2.75, 3.05) is 26.4 Å². The molecule has 2 aromatic rings. The molecule has 0 spiro atoms. The van der Waals surface area contributed by atoms with Crippen molar-refractivity contribution in [2.24, 2.45) is 0 Å². The number of carbonyl (C=O) groups is 2. The van der Waals surface area contributed by atoms with Crippen molar-refractivity contribution in [3.05, 3.63) is 53.6 Å². The Morgan fingerprint density at radius 1 is 1.10 bits per heavy atom. The number of hydrogen-bond acceptors (Lipinski definition) is 5. The molecule has 0 radical (unpaired) electrons. The number of rotatable bonds is 5. The van der Waals surface area contributed by atoms with Gasteiger partial charge in [0, 0.05) is 6.42 Å². The highest BCUT2D eigenvalue weighted by molar-refractivity contribution is 6.07. The Hall–Kier alpha value is -3.22. The molecule has 0 bridgehead atoms. The number of nitrogens with zero attached hydrogens (tertiary/aromatic N) is 1. The summed E-state index contributed by atoms with van der Waals surface area (Å²) in [4.78, 5) is 26.8. The lowest BCUT2D eigenvalue weighted by molar-refractivity contribution is -0.131. The SMILES string of the molecule is Cc1ccccc1OCCN1C(=O)NC(C)(c2ccc3c(c2)OCCCO3)C1=O. The van der Waals surface area contributed by atoms with Gasteiger partial charge in [0.05, 0.1) is 19.8 Å². The van der Waals surface area contributed by atoms with E-state index in [9.17, 15) is 9.59 Å². The molecule has 2 aromatic carbocycles. The second-order valence-electron chi connectivity index (χ2n) is 7.34. The molecule has 1 N–H and O–H groups in total. The van der Waals surface area contributed by atoms with Crippen LogP contribution in [0.2, 0.25) is 0 Å². The van der Waals surface area contributed by atoms with E-state index in [4.69, 9.17) is 14.2 Å². The summed E-state index contributed by atoms with van der Waals surface area (Å²) in [6.07, 6.45) is 0.797. The fraction of sp³-hybridized carbons (Fsp3) is 0.364. The standard InChI is InChI=1S/C22H24N2O5/c1-15-6-3-4-7-17(15)29-13-10-24-20(25)22(2,23-21(24)26)16-8-9-18-19(14-16)28-12-5-11-27-18/h3-4,6-9,14H,5,10-13H2,1-2H3,(H,23,26). The van der Waals surface area contributed by atoms with Crippen LogP contribution in [0.3, 0.4) is 0 Å². The Balaban J connectivity index is 1.48. The van der Waals surface area contributed by atoms with Gasteiger partial charge in [0.2, 0.25) is 0 Å². The number of aryl methyl sites for hydroxylation is 1. The van der Waals surface area contributed by atoms with Gasteiger partial charge in [0.25, 0.3) is 5.91 Å². The van der Waals surface area contributed by atoms with Crippen molar-refractivity contribution in [1.82, 2.24) is 10.2 Å². The normalized spacial score (nSPS) is 21.0. The van der Waals surface area contributed by atoms with Crippen LogP contribution < -0.4 is 19.5 Å². The average molecular weight is 396 g/mol. The zero-order valence-corrected chi connectivity index (χ0v) is 16.6. The summed E-state index contributed by atoms with van der Waals surface area (Å²) in [6, 6.07) is 12.5. The fourth-order valence-corrected chi connectivity index (χ4v) is 3.54. The lowest BCUT2D eigenvalue weighted by Gasteiger charge is -2.23. The Labute approximate surface area is 169 Å². The molecule has 152 valence electrons. The third kappa shape index (κ3) is 3.60. The lowest BCUT2D eigenvalue weighted by Crippen LogP contribution is -2.41. The van der Waals surface area contributed by atoms with Gasteiger partial charge < -0.3 is 19.5 Å². The summed E-state index contributed by atoms with van der Waals surface area (Å²) in [5.41, 5.74) is 0.494. The van der Waals surface area contributed by atoms with Gasteiger partial charge in [-0.3, -0.25) is 9.69 Å². The minimum Gasteiger partial charge on any atom is -0.491 e. The van der Waals surface area contributed by atoms with E-state index in [-0.39, 0.29) is 19.1 Å². The van der Waals surface area contributed by atoms with Crippen LogP contribution in [0.25, 0.3) is 0 Å². The number of carbonyl (C=O) groups excluding carboxylic acids is 2. The minimum atomic E-state index is -1.16. The summed E-state index contributed by atoms with van der Waals surface area (Å²) in [7, 11) is 0. The van der Waals surface area contributed by atoms with Crippen molar-refractivity contribution in [1.29, 1.82) is 0 Å². The number of hydrogen-bond donors (Lipinski definition) is 1. The molecular weight excluding hydrogens is 372 g/mol. The molecule has 0 aromatic heterocycles. The van der Waals surface area contributed by atoms with Gasteiger partial charge in [-0.2, -0.15) is 0 Å². The third-order valence-corrected chi connectivity index (χ3v) is 5.27. The molecule has 3 amide bonds. The van der Waals surface area contributed by atoms with E-state index < -0.39 is 11.6 Å². The van der Waals surface area contributed by atoms with Crippen LogP contribution in [-0.2, 0) is 10.3 Å². The molecular formula is C22H24N2O5. The monoisotopic (exact) mass is 396 g/mol. The number of fused-ring (bicyclic) bond motifs is 1. The predicted octanol–water partition coefficient (Wildman–Crippen LogP) is 3.00. The molecule has 7 nitrogen and oxygen atoms in total. The lowest BCUT2D eigenvalue weighted by atomic mass is 9.91. The molecule has 0 aliphatic carbocycles. The second kappa shape index (κ2) is 7.66. The molecule has 0 saturated carbocycles. The van der Waals surface area contributed by atoms with E-state index in [2.05, 4.69) is 5.32 Å². The van der Waals surface area contributed by atoms with Crippen LogP contribution in [0.15, 0.2) is 42.5 Å². The van der Waals surface area contributed by atoms with Crippen LogP contribution in [0.1, 0.15) is 24.5 Å². The number of para-hydroxylation sites is 1. The first-order valence-electron chi connectivity index (χ1n) is 9.72. The van der Waals surface area contributed by atoms with Crippen LogP contribution in [0.4, 0.5) is 4.79 Å². The fourth-order valence-electron chi connectivity index (χ4n) is 3.54. The van der Waals surface area contributed by atoms with Crippen molar-refractivity contribution in [3.8, 4) is 17.2 Å². The summed E-state index contributed by atoms with van der Waals surface area (Å²) in [6.45, 7) is 5.18. The van der Waals surface area contributed by atoms with Gasteiger partial charge in [-0.05, 0) is 43.2 Å². The molecule has 4 rings (SSSR count). The number of benzene rings is 2. The molecule has 1 atom stereocenters. The van der Waals surface area contributed by atoms with Gasteiger partial charge in [-0.25, -0.2) is 4.79 Å². The van der Waals surface area contributed by atoms with Gasteiger partial charge in [0.15, 0.2) is 11.5 Å². The zero-order chi connectivity index (χ0) is 20.4. The zero-order valence-electron chi connectivity index (χ0n) is 16.6. The first kappa shape index (κ1) is 19.1. The smallest absolute Gasteiger partial charge is 0.325 e. The van der Waals surface area contributed by atoms with E-state index >= 15 is 0 Å². The largest absolute Gasteiger partial charge is 0.491 e.